The Morgan fingerprint density at radius 3 is 2.56 bits per heavy atom. The molecule has 9 nitrogen and oxygen atoms in total. The van der Waals surface area contributed by atoms with E-state index in [2.05, 4.69) is 26.3 Å². The Morgan fingerprint density at radius 1 is 1.18 bits per heavy atom. The van der Waals surface area contributed by atoms with Gasteiger partial charge in [0.05, 0.1) is 27.5 Å². The van der Waals surface area contributed by atoms with E-state index in [9.17, 15) is 22.8 Å². The SMILES string of the molecule is C=CC(=O)N1CCN(c2nc(=O)n(-c3c(C)ccnc3C(C)C)c3nc(-c4cc(OC(F)(F)F)ccc4F)c(Cl)cc23)[C@@H](C)C1. The maximum atomic E-state index is 15.2. The number of pyridine rings is 2. The number of carbonyl (C=O) groups excluding carboxylic acids is 1. The number of benzene rings is 1. The summed E-state index contributed by atoms with van der Waals surface area (Å²) in [6.07, 6.45) is -2.16. The molecule has 1 saturated heterocycles. The van der Waals surface area contributed by atoms with Gasteiger partial charge in [-0.15, -0.1) is 13.2 Å². The fourth-order valence-corrected chi connectivity index (χ4v) is 5.74. The van der Waals surface area contributed by atoms with E-state index in [1.165, 1.54) is 16.7 Å². The lowest BCUT2D eigenvalue weighted by Crippen LogP contribution is -2.54. The first-order valence-corrected chi connectivity index (χ1v) is 14.4. The summed E-state index contributed by atoms with van der Waals surface area (Å²) in [7, 11) is 0. The number of carbonyl (C=O) groups is 1. The minimum atomic E-state index is -5.02. The summed E-state index contributed by atoms with van der Waals surface area (Å²) in [4.78, 5) is 43.4. The molecule has 0 unspecified atom stereocenters. The van der Waals surface area contributed by atoms with E-state index in [0.717, 1.165) is 18.2 Å². The number of halogens is 5. The zero-order valence-corrected chi connectivity index (χ0v) is 25.6. The molecule has 0 aliphatic carbocycles. The molecule has 0 spiro atoms. The Kier molecular flexibility index (Phi) is 8.58. The van der Waals surface area contributed by atoms with Gasteiger partial charge in [0, 0.05) is 37.4 Å². The largest absolute Gasteiger partial charge is 0.573 e. The van der Waals surface area contributed by atoms with Crippen molar-refractivity contribution in [2.24, 2.45) is 0 Å². The van der Waals surface area contributed by atoms with Crippen molar-refractivity contribution in [2.45, 2.75) is 46.0 Å². The summed E-state index contributed by atoms with van der Waals surface area (Å²) in [6, 6.07) is 5.40. The van der Waals surface area contributed by atoms with Crippen LogP contribution in [0.4, 0.5) is 23.4 Å². The molecule has 1 atom stereocenters. The lowest BCUT2D eigenvalue weighted by atomic mass is 10.0. The summed E-state index contributed by atoms with van der Waals surface area (Å²) >= 11 is 6.67. The highest BCUT2D eigenvalue weighted by Crippen LogP contribution is 2.38. The standard InChI is InChI=1S/C31H29ClF4N6O3/c1-6-24(43)40-11-12-41(18(5)15-40)28-21-14-22(32)26(20-13-19(7-8-23(20)33)45-31(34,35)36)38-29(21)42(30(44)39-28)27-17(4)9-10-37-25(27)16(2)3/h6-10,13-14,16,18H,1,11-12,15H2,2-5H3/t18-/m0/s1. The van der Waals surface area contributed by atoms with Gasteiger partial charge in [-0.2, -0.15) is 4.98 Å². The van der Waals surface area contributed by atoms with E-state index >= 15 is 4.39 Å². The molecule has 1 fully saturated rings. The summed E-state index contributed by atoms with van der Waals surface area (Å²) < 4.78 is 59.4. The highest BCUT2D eigenvalue weighted by Gasteiger charge is 2.33. The lowest BCUT2D eigenvalue weighted by Gasteiger charge is -2.40. The summed E-state index contributed by atoms with van der Waals surface area (Å²) in [5.74, 6) is -1.68. The Balaban J connectivity index is 1.80. The van der Waals surface area contributed by atoms with Crippen molar-refractivity contribution < 1.29 is 27.1 Å². The van der Waals surface area contributed by atoms with Gasteiger partial charge in [0.2, 0.25) is 5.91 Å². The predicted molar refractivity (Wildman–Crippen MR) is 162 cm³/mol. The van der Waals surface area contributed by atoms with Crippen molar-refractivity contribution >= 4 is 34.4 Å². The number of alkyl halides is 3. The smallest absolute Gasteiger partial charge is 0.406 e. The van der Waals surface area contributed by atoms with Gasteiger partial charge >= 0.3 is 12.1 Å². The van der Waals surface area contributed by atoms with Crippen LogP contribution in [0.2, 0.25) is 5.02 Å². The number of piperazine rings is 1. The maximum absolute atomic E-state index is 15.2. The molecular weight excluding hydrogens is 616 g/mol. The van der Waals surface area contributed by atoms with Crippen LogP contribution in [0.5, 0.6) is 5.75 Å². The second-order valence-electron chi connectivity index (χ2n) is 11.0. The molecular formula is C31H29ClF4N6O3. The Morgan fingerprint density at radius 2 is 1.91 bits per heavy atom. The number of hydrogen-bond donors (Lipinski definition) is 0. The maximum Gasteiger partial charge on any atom is 0.573 e. The van der Waals surface area contributed by atoms with Crippen molar-refractivity contribution in [1.82, 2.24) is 24.4 Å². The van der Waals surface area contributed by atoms with Crippen LogP contribution in [0.3, 0.4) is 0 Å². The van der Waals surface area contributed by atoms with E-state index in [4.69, 9.17) is 11.6 Å². The third-order valence-electron chi connectivity index (χ3n) is 7.54. The van der Waals surface area contributed by atoms with Crippen molar-refractivity contribution in [3.8, 4) is 22.7 Å². The number of rotatable bonds is 6. The second-order valence-corrected chi connectivity index (χ2v) is 11.4. The molecule has 4 aromatic rings. The fraction of sp³-hybridized carbons (Fsp3) is 0.323. The van der Waals surface area contributed by atoms with E-state index in [1.807, 2.05) is 25.7 Å². The third-order valence-corrected chi connectivity index (χ3v) is 7.83. The minimum absolute atomic E-state index is 0.0424. The average Bonchev–Trinajstić information content (AvgIpc) is 2.97. The molecule has 0 N–H and O–H groups in total. The Labute approximate surface area is 260 Å². The van der Waals surface area contributed by atoms with Crippen LogP contribution in [0.25, 0.3) is 28.0 Å². The van der Waals surface area contributed by atoms with Gasteiger partial charge in [-0.3, -0.25) is 9.78 Å². The first-order valence-electron chi connectivity index (χ1n) is 14.0. The number of hydrogen-bond acceptors (Lipinski definition) is 7. The molecule has 0 radical (unpaired) electrons. The minimum Gasteiger partial charge on any atom is -0.406 e. The third kappa shape index (κ3) is 6.21. The molecule has 1 amide bonds. The molecule has 45 heavy (non-hydrogen) atoms. The van der Waals surface area contributed by atoms with Crippen molar-refractivity contribution in [3.05, 3.63) is 81.8 Å². The fourth-order valence-electron chi connectivity index (χ4n) is 5.48. The molecule has 1 aliphatic heterocycles. The van der Waals surface area contributed by atoms with Gasteiger partial charge in [-0.1, -0.05) is 32.0 Å². The normalized spacial score (nSPS) is 15.6. The van der Waals surface area contributed by atoms with Crippen molar-refractivity contribution in [3.63, 3.8) is 0 Å². The number of anilines is 1. The van der Waals surface area contributed by atoms with E-state index in [-0.39, 0.29) is 45.6 Å². The highest BCUT2D eigenvalue weighted by atomic mass is 35.5. The molecule has 0 bridgehead atoms. The van der Waals surface area contributed by atoms with Crippen molar-refractivity contribution in [1.29, 1.82) is 0 Å². The number of fused-ring (bicyclic) bond motifs is 1. The quantitative estimate of drug-likeness (QED) is 0.183. The molecule has 4 heterocycles. The first kappa shape index (κ1) is 31.9. The number of aryl methyl sites for hydroxylation is 1. The van der Waals surface area contributed by atoms with Gasteiger partial charge in [-0.25, -0.2) is 18.7 Å². The van der Waals surface area contributed by atoms with E-state index < -0.39 is 23.6 Å². The lowest BCUT2D eigenvalue weighted by molar-refractivity contribution is -0.274. The predicted octanol–water partition coefficient (Wildman–Crippen LogP) is 6.19. The molecule has 1 aromatic carbocycles. The Hall–Kier alpha value is -4.52. The molecule has 236 valence electrons. The number of nitrogens with zero attached hydrogens (tertiary/aromatic N) is 6. The van der Waals surface area contributed by atoms with Gasteiger partial charge in [-0.05, 0) is 61.7 Å². The van der Waals surface area contributed by atoms with Crippen LogP contribution in [0, 0.1) is 12.7 Å². The van der Waals surface area contributed by atoms with Crippen LogP contribution < -0.4 is 15.3 Å². The van der Waals surface area contributed by atoms with Crippen molar-refractivity contribution in [2.75, 3.05) is 24.5 Å². The first-order chi connectivity index (χ1) is 21.2. The van der Waals surface area contributed by atoms with Crippen LogP contribution in [-0.2, 0) is 4.79 Å². The van der Waals surface area contributed by atoms with Crippen LogP contribution >= 0.6 is 11.6 Å². The topological polar surface area (TPSA) is 93.5 Å². The zero-order chi connectivity index (χ0) is 32.8. The molecule has 0 saturated carbocycles. The highest BCUT2D eigenvalue weighted by molar-refractivity contribution is 6.34. The van der Waals surface area contributed by atoms with Crippen LogP contribution in [-0.4, -0.2) is 62.4 Å². The van der Waals surface area contributed by atoms with E-state index in [1.54, 1.807) is 24.1 Å². The number of aromatic nitrogens is 4. The average molecular weight is 645 g/mol. The summed E-state index contributed by atoms with van der Waals surface area (Å²) in [6.45, 7) is 12.0. The van der Waals surface area contributed by atoms with Gasteiger partial charge < -0.3 is 14.5 Å². The Bertz CT molecular complexity index is 1880. The van der Waals surface area contributed by atoms with Gasteiger partial charge in [0.25, 0.3) is 0 Å². The zero-order valence-electron chi connectivity index (χ0n) is 24.8. The number of ether oxygens (including phenoxy) is 1. The number of amides is 1. The molecule has 14 heteroatoms. The van der Waals surface area contributed by atoms with Crippen LogP contribution in [0.15, 0.2) is 54.0 Å². The molecule has 1 aliphatic rings. The summed E-state index contributed by atoms with van der Waals surface area (Å²) in [5.41, 5.74) is 0.444. The van der Waals surface area contributed by atoms with Gasteiger partial charge in [0.15, 0.2) is 5.65 Å². The second kappa shape index (κ2) is 12.1. The van der Waals surface area contributed by atoms with Gasteiger partial charge in [0.1, 0.15) is 17.4 Å². The monoisotopic (exact) mass is 644 g/mol. The summed E-state index contributed by atoms with van der Waals surface area (Å²) in [5, 5.41) is 0.235. The molecule has 3 aromatic heterocycles. The van der Waals surface area contributed by atoms with Crippen LogP contribution in [0.1, 0.15) is 37.9 Å². The van der Waals surface area contributed by atoms with E-state index in [0.29, 0.717) is 42.0 Å². The molecule has 5 rings (SSSR count).